The van der Waals surface area contributed by atoms with Gasteiger partial charge in [0.15, 0.2) is 0 Å². The number of H-pyrrole nitrogens is 1. The van der Waals surface area contributed by atoms with Crippen LogP contribution in [0.2, 0.25) is 0 Å². The molecule has 0 spiro atoms. The van der Waals surface area contributed by atoms with Crippen molar-refractivity contribution >= 4 is 10.9 Å². The first-order chi connectivity index (χ1) is 7.22. The smallest absolute Gasteiger partial charge is 0.0458 e. The van der Waals surface area contributed by atoms with Crippen molar-refractivity contribution in [2.45, 2.75) is 32.7 Å². The number of aromatic amines is 1. The Bertz CT molecular complexity index is 457. The van der Waals surface area contributed by atoms with E-state index in [4.69, 9.17) is 5.73 Å². The molecule has 1 aromatic carbocycles. The predicted molar refractivity (Wildman–Crippen MR) is 65.0 cm³/mol. The number of benzene rings is 1. The van der Waals surface area contributed by atoms with Crippen LogP contribution >= 0.6 is 0 Å². The van der Waals surface area contributed by atoms with Crippen LogP contribution < -0.4 is 5.73 Å². The van der Waals surface area contributed by atoms with E-state index in [-0.39, 0.29) is 6.04 Å². The highest BCUT2D eigenvalue weighted by molar-refractivity contribution is 5.84. The molecule has 2 rings (SSSR count). The lowest BCUT2D eigenvalue weighted by Gasteiger charge is -2.07. The van der Waals surface area contributed by atoms with Crippen LogP contribution in [0.4, 0.5) is 0 Å². The Morgan fingerprint density at radius 3 is 2.73 bits per heavy atom. The second-order valence-electron chi connectivity index (χ2n) is 4.15. The van der Waals surface area contributed by atoms with Crippen molar-refractivity contribution in [3.8, 4) is 0 Å². The summed E-state index contributed by atoms with van der Waals surface area (Å²) < 4.78 is 0. The van der Waals surface area contributed by atoms with Crippen LogP contribution in [-0.4, -0.2) is 11.0 Å². The third-order valence-electron chi connectivity index (χ3n) is 3.06. The number of nitrogens with two attached hydrogens (primary N) is 1. The summed E-state index contributed by atoms with van der Waals surface area (Å²) in [7, 11) is 0. The van der Waals surface area contributed by atoms with Crippen LogP contribution in [0.5, 0.6) is 0 Å². The molecule has 0 amide bonds. The van der Waals surface area contributed by atoms with Crippen LogP contribution in [0.25, 0.3) is 10.9 Å². The largest absolute Gasteiger partial charge is 0.358 e. The summed E-state index contributed by atoms with van der Waals surface area (Å²) >= 11 is 0. The molecule has 2 nitrogen and oxygen atoms in total. The van der Waals surface area contributed by atoms with E-state index in [0.29, 0.717) is 0 Å². The van der Waals surface area contributed by atoms with Gasteiger partial charge in [0.25, 0.3) is 0 Å². The molecule has 2 aromatic rings. The standard InChI is InChI=1S/C13H18N2/c1-3-10(14)8-13-9(2)11-6-4-5-7-12(11)15-13/h4-7,10,15H,3,8,14H2,1-2H3. The van der Waals surface area contributed by atoms with Gasteiger partial charge in [0.05, 0.1) is 0 Å². The topological polar surface area (TPSA) is 41.8 Å². The van der Waals surface area contributed by atoms with E-state index in [2.05, 4.69) is 43.1 Å². The van der Waals surface area contributed by atoms with Crippen molar-refractivity contribution in [2.75, 3.05) is 0 Å². The second-order valence-corrected chi connectivity index (χ2v) is 4.15. The Morgan fingerprint density at radius 2 is 2.07 bits per heavy atom. The van der Waals surface area contributed by atoms with Crippen LogP contribution in [0.1, 0.15) is 24.6 Å². The van der Waals surface area contributed by atoms with Crippen LogP contribution in [0.3, 0.4) is 0 Å². The minimum absolute atomic E-state index is 0.261. The molecule has 0 saturated carbocycles. The summed E-state index contributed by atoms with van der Waals surface area (Å²) in [6.45, 7) is 4.29. The summed E-state index contributed by atoms with van der Waals surface area (Å²) in [5.74, 6) is 0. The van der Waals surface area contributed by atoms with Crippen molar-refractivity contribution < 1.29 is 0 Å². The first-order valence-electron chi connectivity index (χ1n) is 5.54. The normalized spacial score (nSPS) is 13.3. The zero-order valence-corrected chi connectivity index (χ0v) is 9.38. The van der Waals surface area contributed by atoms with E-state index in [0.717, 1.165) is 12.8 Å². The zero-order valence-electron chi connectivity index (χ0n) is 9.38. The molecule has 0 aliphatic carbocycles. The van der Waals surface area contributed by atoms with Gasteiger partial charge in [-0.25, -0.2) is 0 Å². The highest BCUT2D eigenvalue weighted by atomic mass is 14.7. The summed E-state index contributed by atoms with van der Waals surface area (Å²) in [6.07, 6.45) is 1.96. The molecule has 0 radical (unpaired) electrons. The average Bonchev–Trinajstić information content (AvgIpc) is 2.57. The van der Waals surface area contributed by atoms with Crippen molar-refractivity contribution in [2.24, 2.45) is 5.73 Å². The van der Waals surface area contributed by atoms with Gasteiger partial charge < -0.3 is 10.7 Å². The van der Waals surface area contributed by atoms with Gasteiger partial charge in [-0.3, -0.25) is 0 Å². The van der Waals surface area contributed by atoms with Gasteiger partial charge in [0.1, 0.15) is 0 Å². The molecule has 0 aliphatic rings. The third kappa shape index (κ3) is 1.90. The summed E-state index contributed by atoms with van der Waals surface area (Å²) in [4.78, 5) is 3.45. The van der Waals surface area contributed by atoms with E-state index in [1.165, 1.54) is 22.2 Å². The first-order valence-corrected chi connectivity index (χ1v) is 5.54. The molecular weight excluding hydrogens is 184 g/mol. The van der Waals surface area contributed by atoms with E-state index >= 15 is 0 Å². The Kier molecular flexibility index (Phi) is 2.78. The highest BCUT2D eigenvalue weighted by Crippen LogP contribution is 2.22. The molecule has 1 unspecified atom stereocenters. The van der Waals surface area contributed by atoms with E-state index in [1.807, 2.05) is 0 Å². The van der Waals surface area contributed by atoms with Crippen LogP contribution in [0, 0.1) is 6.92 Å². The SMILES string of the molecule is CCC(N)Cc1[nH]c2ccccc2c1C. The van der Waals surface area contributed by atoms with E-state index in [1.54, 1.807) is 0 Å². The lowest BCUT2D eigenvalue weighted by Crippen LogP contribution is -2.21. The van der Waals surface area contributed by atoms with Gasteiger partial charge in [0, 0.05) is 29.1 Å². The summed E-state index contributed by atoms with van der Waals surface area (Å²) in [6, 6.07) is 8.66. The average molecular weight is 202 g/mol. The molecule has 2 heteroatoms. The van der Waals surface area contributed by atoms with Crippen molar-refractivity contribution in [1.29, 1.82) is 0 Å². The maximum absolute atomic E-state index is 5.98. The highest BCUT2D eigenvalue weighted by Gasteiger charge is 2.09. The van der Waals surface area contributed by atoms with Crippen molar-refractivity contribution in [3.63, 3.8) is 0 Å². The number of aryl methyl sites for hydroxylation is 1. The maximum Gasteiger partial charge on any atom is 0.0458 e. The minimum atomic E-state index is 0.261. The fraction of sp³-hybridized carbons (Fsp3) is 0.385. The maximum atomic E-state index is 5.98. The minimum Gasteiger partial charge on any atom is -0.358 e. The zero-order chi connectivity index (χ0) is 10.8. The number of fused-ring (bicyclic) bond motifs is 1. The molecular formula is C13H18N2. The number of hydrogen-bond acceptors (Lipinski definition) is 1. The summed E-state index contributed by atoms with van der Waals surface area (Å²) in [5, 5.41) is 1.32. The van der Waals surface area contributed by atoms with Gasteiger partial charge in [-0.05, 0) is 25.0 Å². The molecule has 1 aromatic heterocycles. The van der Waals surface area contributed by atoms with E-state index in [9.17, 15) is 0 Å². The quantitative estimate of drug-likeness (QED) is 0.789. The Hall–Kier alpha value is -1.28. The first kappa shape index (κ1) is 10.2. The van der Waals surface area contributed by atoms with Crippen molar-refractivity contribution in [3.05, 3.63) is 35.5 Å². The number of para-hydroxylation sites is 1. The van der Waals surface area contributed by atoms with Crippen LogP contribution in [0.15, 0.2) is 24.3 Å². The summed E-state index contributed by atoms with van der Waals surface area (Å²) in [5.41, 5.74) is 9.82. The molecule has 15 heavy (non-hydrogen) atoms. The van der Waals surface area contributed by atoms with Gasteiger partial charge >= 0.3 is 0 Å². The lowest BCUT2D eigenvalue weighted by atomic mass is 10.1. The molecule has 1 heterocycles. The molecule has 3 N–H and O–H groups in total. The molecule has 0 fully saturated rings. The molecule has 0 bridgehead atoms. The Balaban J connectivity index is 2.40. The molecule has 1 atom stereocenters. The monoisotopic (exact) mass is 202 g/mol. The molecule has 0 aliphatic heterocycles. The van der Waals surface area contributed by atoms with E-state index < -0.39 is 0 Å². The number of hydrogen-bond donors (Lipinski definition) is 2. The fourth-order valence-electron chi connectivity index (χ4n) is 1.95. The van der Waals surface area contributed by atoms with Gasteiger partial charge in [-0.2, -0.15) is 0 Å². The van der Waals surface area contributed by atoms with Gasteiger partial charge in [0.2, 0.25) is 0 Å². The number of aromatic nitrogens is 1. The van der Waals surface area contributed by atoms with Gasteiger partial charge in [-0.1, -0.05) is 25.1 Å². The lowest BCUT2D eigenvalue weighted by molar-refractivity contribution is 0.637. The Labute approximate surface area is 90.5 Å². The molecule has 0 saturated heterocycles. The van der Waals surface area contributed by atoms with Crippen molar-refractivity contribution in [1.82, 2.24) is 4.98 Å². The van der Waals surface area contributed by atoms with Gasteiger partial charge in [-0.15, -0.1) is 0 Å². The Morgan fingerprint density at radius 1 is 1.33 bits per heavy atom. The predicted octanol–water partition coefficient (Wildman–Crippen LogP) is 2.76. The number of rotatable bonds is 3. The second kappa shape index (κ2) is 4.07. The van der Waals surface area contributed by atoms with Crippen LogP contribution in [-0.2, 0) is 6.42 Å². The third-order valence-corrected chi connectivity index (χ3v) is 3.06. The number of nitrogens with one attached hydrogen (secondary N) is 1. The fourth-order valence-corrected chi connectivity index (χ4v) is 1.95. The molecule has 80 valence electrons.